The Kier molecular flexibility index (Phi) is 9.65. The van der Waals surface area contributed by atoms with Crippen LogP contribution in [-0.4, -0.2) is 43.8 Å². The lowest BCUT2D eigenvalue weighted by atomic mass is 9.81. The highest BCUT2D eigenvalue weighted by atomic mass is 16.6. The lowest BCUT2D eigenvalue weighted by Gasteiger charge is -2.36. The van der Waals surface area contributed by atoms with Gasteiger partial charge in [-0.3, -0.25) is 14.4 Å². The van der Waals surface area contributed by atoms with E-state index < -0.39 is 30.1 Å². The van der Waals surface area contributed by atoms with Crippen LogP contribution in [0.4, 0.5) is 0 Å². The molecule has 29 heavy (non-hydrogen) atoms. The van der Waals surface area contributed by atoms with Crippen LogP contribution in [0.2, 0.25) is 0 Å². The van der Waals surface area contributed by atoms with Crippen molar-refractivity contribution in [3.8, 4) is 5.75 Å². The molecule has 5 atom stereocenters. The summed E-state index contributed by atoms with van der Waals surface area (Å²) in [6, 6.07) is 7.51. The molecule has 7 nitrogen and oxygen atoms in total. The summed E-state index contributed by atoms with van der Waals surface area (Å²) >= 11 is 0. The third-order valence-corrected chi connectivity index (χ3v) is 4.89. The van der Waals surface area contributed by atoms with E-state index in [1.54, 1.807) is 7.11 Å². The van der Waals surface area contributed by atoms with Gasteiger partial charge in [0.1, 0.15) is 18.0 Å². The van der Waals surface area contributed by atoms with E-state index in [0.717, 1.165) is 11.3 Å². The summed E-state index contributed by atoms with van der Waals surface area (Å²) in [6.45, 7) is 9.75. The third-order valence-electron chi connectivity index (χ3n) is 4.89. The molecule has 162 valence electrons. The topological polar surface area (TPSA) is 88.1 Å². The molecule has 7 heteroatoms. The molecule has 0 aliphatic carbocycles. The molecule has 0 N–H and O–H groups in total. The van der Waals surface area contributed by atoms with E-state index in [2.05, 4.69) is 0 Å². The average molecular weight is 408 g/mol. The smallest absolute Gasteiger partial charge is 0.302 e. The van der Waals surface area contributed by atoms with Crippen LogP contribution in [0.1, 0.15) is 53.0 Å². The summed E-state index contributed by atoms with van der Waals surface area (Å²) in [4.78, 5) is 34.7. The highest BCUT2D eigenvalue weighted by Crippen LogP contribution is 2.33. The number of ether oxygens (including phenoxy) is 4. The van der Waals surface area contributed by atoms with Gasteiger partial charge in [0.05, 0.1) is 13.7 Å². The number of methoxy groups -OCH3 is 1. The molecule has 0 aliphatic heterocycles. The molecule has 0 heterocycles. The largest absolute Gasteiger partial charge is 0.497 e. The van der Waals surface area contributed by atoms with Crippen LogP contribution in [0.15, 0.2) is 24.3 Å². The minimum absolute atomic E-state index is 0.0985. The monoisotopic (exact) mass is 408 g/mol. The van der Waals surface area contributed by atoms with E-state index in [1.165, 1.54) is 20.8 Å². The molecule has 0 fully saturated rings. The number of benzene rings is 1. The predicted octanol–water partition coefficient (Wildman–Crippen LogP) is 3.50. The van der Waals surface area contributed by atoms with Crippen molar-refractivity contribution in [3.05, 3.63) is 29.8 Å². The fourth-order valence-corrected chi connectivity index (χ4v) is 3.42. The summed E-state index contributed by atoms with van der Waals surface area (Å²) in [5.41, 5.74) is 0.957. The zero-order valence-electron chi connectivity index (χ0n) is 18.3. The van der Waals surface area contributed by atoms with Gasteiger partial charge in [0.25, 0.3) is 0 Å². The van der Waals surface area contributed by atoms with Gasteiger partial charge in [-0.15, -0.1) is 0 Å². The van der Waals surface area contributed by atoms with Crippen molar-refractivity contribution in [1.29, 1.82) is 0 Å². The van der Waals surface area contributed by atoms with Crippen molar-refractivity contribution < 1.29 is 33.3 Å². The Labute approximate surface area is 172 Å². The molecule has 0 saturated heterocycles. The molecular weight excluding hydrogens is 376 g/mol. The van der Waals surface area contributed by atoms with Crippen molar-refractivity contribution in [3.63, 3.8) is 0 Å². The summed E-state index contributed by atoms with van der Waals surface area (Å²) in [5.74, 6) is -1.34. The first kappa shape index (κ1) is 24.5. The van der Waals surface area contributed by atoms with Crippen LogP contribution in [0, 0.1) is 11.8 Å². The fraction of sp³-hybridized carbons (Fsp3) is 0.591. The average Bonchev–Trinajstić information content (AvgIpc) is 2.67. The predicted molar refractivity (Wildman–Crippen MR) is 107 cm³/mol. The molecule has 1 aromatic carbocycles. The second-order valence-corrected chi connectivity index (χ2v) is 7.35. The van der Waals surface area contributed by atoms with E-state index in [1.807, 2.05) is 45.0 Å². The van der Waals surface area contributed by atoms with E-state index >= 15 is 0 Å². The first-order valence-corrected chi connectivity index (χ1v) is 9.68. The molecule has 0 aliphatic rings. The summed E-state index contributed by atoms with van der Waals surface area (Å²) in [6.07, 6.45) is -1.15. The molecule has 1 aromatic rings. The molecule has 0 radical (unpaired) electrons. The maximum Gasteiger partial charge on any atom is 0.302 e. The minimum Gasteiger partial charge on any atom is -0.497 e. The first-order valence-electron chi connectivity index (χ1n) is 9.68. The molecular formula is C22H32O7. The van der Waals surface area contributed by atoms with Crippen molar-refractivity contribution in [1.82, 2.24) is 0 Å². The lowest BCUT2D eigenvalue weighted by molar-refractivity contribution is -0.165. The number of rotatable bonds is 10. The number of carbonyl (C=O) groups excluding carboxylic acids is 3. The highest BCUT2D eigenvalue weighted by Gasteiger charge is 2.37. The standard InChI is InChI=1S/C22H32O7/c1-13(12-27-16(4)23)21(28-17(5)24)15(3)22(29-18(6)25)14(2)19-8-10-20(26-7)11-9-19/h8-11,13-15,21-22H,12H2,1-7H3/t13-,14-,15+,21-,22+/m0/s1. The Morgan fingerprint density at radius 3 is 1.79 bits per heavy atom. The van der Waals surface area contributed by atoms with Crippen LogP contribution >= 0.6 is 0 Å². The van der Waals surface area contributed by atoms with Crippen molar-refractivity contribution in [2.45, 2.75) is 59.7 Å². The second kappa shape index (κ2) is 11.4. The summed E-state index contributed by atoms with van der Waals surface area (Å²) in [5, 5.41) is 0. The molecule has 0 unspecified atom stereocenters. The summed E-state index contributed by atoms with van der Waals surface area (Å²) in [7, 11) is 1.59. The molecule has 0 aromatic heterocycles. The van der Waals surface area contributed by atoms with Gasteiger partial charge in [0.15, 0.2) is 0 Å². The SMILES string of the molecule is COc1ccc([C@H](C)[C@@H](OC(C)=O)[C@H](C)[C@@H](OC(C)=O)[C@@H](C)COC(C)=O)cc1. The van der Waals surface area contributed by atoms with E-state index in [4.69, 9.17) is 18.9 Å². The Hall–Kier alpha value is -2.57. The molecule has 0 saturated carbocycles. The quantitative estimate of drug-likeness (QED) is 0.432. The van der Waals surface area contributed by atoms with Gasteiger partial charge < -0.3 is 18.9 Å². The Bertz CT molecular complexity index is 683. The molecule has 0 spiro atoms. The van der Waals surface area contributed by atoms with Crippen molar-refractivity contribution in [2.24, 2.45) is 11.8 Å². The van der Waals surface area contributed by atoms with Crippen LogP contribution in [0.25, 0.3) is 0 Å². The summed E-state index contributed by atoms with van der Waals surface area (Å²) < 4.78 is 21.5. The van der Waals surface area contributed by atoms with Crippen LogP contribution < -0.4 is 4.74 Å². The number of carbonyl (C=O) groups is 3. The fourth-order valence-electron chi connectivity index (χ4n) is 3.42. The number of hydrogen-bond acceptors (Lipinski definition) is 7. The van der Waals surface area contributed by atoms with Crippen molar-refractivity contribution in [2.75, 3.05) is 13.7 Å². The van der Waals surface area contributed by atoms with E-state index in [0.29, 0.717) is 0 Å². The lowest BCUT2D eigenvalue weighted by Crippen LogP contribution is -2.43. The van der Waals surface area contributed by atoms with Crippen LogP contribution in [-0.2, 0) is 28.6 Å². The van der Waals surface area contributed by atoms with Gasteiger partial charge in [-0.25, -0.2) is 0 Å². The zero-order chi connectivity index (χ0) is 22.1. The zero-order valence-corrected chi connectivity index (χ0v) is 18.3. The first-order chi connectivity index (χ1) is 13.6. The number of hydrogen-bond donors (Lipinski definition) is 0. The van der Waals surface area contributed by atoms with Gasteiger partial charge in [0, 0.05) is 38.5 Å². The normalized spacial score (nSPS) is 16.0. The molecule has 0 amide bonds. The Morgan fingerprint density at radius 1 is 0.828 bits per heavy atom. The minimum atomic E-state index is -0.600. The van der Waals surface area contributed by atoms with Crippen molar-refractivity contribution >= 4 is 17.9 Å². The highest BCUT2D eigenvalue weighted by molar-refractivity contribution is 5.67. The third kappa shape index (κ3) is 7.75. The van der Waals surface area contributed by atoms with Gasteiger partial charge in [-0.1, -0.05) is 32.9 Å². The van der Waals surface area contributed by atoms with Gasteiger partial charge in [-0.05, 0) is 17.7 Å². The Morgan fingerprint density at radius 2 is 1.34 bits per heavy atom. The Balaban J connectivity index is 3.15. The van der Waals surface area contributed by atoms with E-state index in [9.17, 15) is 14.4 Å². The van der Waals surface area contributed by atoms with E-state index in [-0.39, 0.29) is 24.4 Å². The van der Waals surface area contributed by atoms with Crippen LogP contribution in [0.3, 0.4) is 0 Å². The maximum atomic E-state index is 11.8. The van der Waals surface area contributed by atoms with Gasteiger partial charge in [0.2, 0.25) is 0 Å². The molecule has 0 bridgehead atoms. The van der Waals surface area contributed by atoms with Crippen LogP contribution in [0.5, 0.6) is 5.75 Å². The molecule has 1 rings (SSSR count). The van der Waals surface area contributed by atoms with Gasteiger partial charge >= 0.3 is 17.9 Å². The number of esters is 3. The maximum absolute atomic E-state index is 11.8. The van der Waals surface area contributed by atoms with Gasteiger partial charge in [-0.2, -0.15) is 0 Å². The second-order valence-electron chi connectivity index (χ2n) is 7.35.